The second kappa shape index (κ2) is 11.6. The molecular weight excluding hydrogens is 328 g/mol. The number of hydrogen-bond donors (Lipinski definition) is 1. The molecule has 146 valence electrons. The molecule has 2 aliphatic carbocycles. The second-order valence-electron chi connectivity index (χ2n) is 8.61. The summed E-state index contributed by atoms with van der Waals surface area (Å²) in [4.78, 5) is 13.1. The topological polar surface area (TPSA) is 26.3 Å². The zero-order chi connectivity index (χ0) is 18.0. The number of methoxy groups -OCH3 is 1. The van der Waals surface area contributed by atoms with Gasteiger partial charge in [0.25, 0.3) is 0 Å². The zero-order valence-corrected chi connectivity index (χ0v) is 17.3. The molecule has 0 amide bonds. The van der Waals surface area contributed by atoms with Crippen molar-refractivity contribution in [3.8, 4) is 0 Å². The molecule has 2 rings (SSSR count). The van der Waals surface area contributed by atoms with Crippen LogP contribution in [-0.2, 0) is 9.53 Å². The number of ether oxygens (including phenoxy) is 1. The molecule has 3 heteroatoms. The van der Waals surface area contributed by atoms with E-state index in [-0.39, 0.29) is 5.41 Å². The first-order valence-electron chi connectivity index (χ1n) is 10.8. The maximum absolute atomic E-state index is 13.1. The maximum Gasteiger partial charge on any atom is 0.141 e. The first-order valence-corrected chi connectivity index (χ1v) is 11.5. The molecule has 0 aliphatic heterocycles. The lowest BCUT2D eigenvalue weighted by Gasteiger charge is -2.32. The predicted octanol–water partition coefficient (Wildman–Crippen LogP) is 6.23. The van der Waals surface area contributed by atoms with Crippen LogP contribution in [0.5, 0.6) is 0 Å². The molecule has 0 aromatic carbocycles. The third-order valence-corrected chi connectivity index (χ3v) is 7.18. The molecule has 0 aromatic rings. The summed E-state index contributed by atoms with van der Waals surface area (Å²) in [6.07, 6.45) is 18.4. The summed E-state index contributed by atoms with van der Waals surface area (Å²) < 4.78 is 5.56. The number of unbranched alkanes of at least 4 members (excludes halogenated alkanes) is 3. The van der Waals surface area contributed by atoms with E-state index in [0.717, 1.165) is 43.3 Å². The van der Waals surface area contributed by atoms with E-state index in [1.54, 1.807) is 7.11 Å². The average molecular weight is 369 g/mol. The fraction of sp³-hybridized carbons (Fsp3) is 0.955. The van der Waals surface area contributed by atoms with Crippen LogP contribution >= 0.6 is 12.6 Å². The van der Waals surface area contributed by atoms with Crippen LogP contribution in [-0.4, -0.2) is 25.3 Å². The van der Waals surface area contributed by atoms with Crippen LogP contribution in [0.15, 0.2) is 0 Å². The minimum Gasteiger partial charge on any atom is -0.384 e. The summed E-state index contributed by atoms with van der Waals surface area (Å²) in [6, 6.07) is 0. The molecule has 0 bridgehead atoms. The van der Waals surface area contributed by atoms with Crippen molar-refractivity contribution in [3.63, 3.8) is 0 Å². The van der Waals surface area contributed by atoms with Gasteiger partial charge in [0.2, 0.25) is 0 Å². The molecule has 0 N–H and O–H groups in total. The fourth-order valence-electron chi connectivity index (χ4n) is 5.31. The van der Waals surface area contributed by atoms with Gasteiger partial charge < -0.3 is 4.74 Å². The van der Waals surface area contributed by atoms with E-state index in [0.29, 0.717) is 12.4 Å². The van der Waals surface area contributed by atoms with Gasteiger partial charge in [-0.1, -0.05) is 57.8 Å². The molecule has 0 spiro atoms. The van der Waals surface area contributed by atoms with E-state index in [9.17, 15) is 4.79 Å². The third-order valence-electron chi connectivity index (χ3n) is 6.86. The lowest BCUT2D eigenvalue weighted by atomic mass is 9.73. The van der Waals surface area contributed by atoms with Gasteiger partial charge in [0.15, 0.2) is 0 Å². The van der Waals surface area contributed by atoms with Crippen molar-refractivity contribution >= 4 is 18.4 Å². The van der Waals surface area contributed by atoms with Gasteiger partial charge in [0.1, 0.15) is 5.78 Å². The van der Waals surface area contributed by atoms with Crippen LogP contribution in [0.4, 0.5) is 0 Å². The molecule has 2 aliphatic rings. The Morgan fingerprint density at radius 1 is 0.920 bits per heavy atom. The van der Waals surface area contributed by atoms with Gasteiger partial charge in [0, 0.05) is 13.5 Å². The van der Waals surface area contributed by atoms with Gasteiger partial charge >= 0.3 is 0 Å². The molecule has 2 nitrogen and oxygen atoms in total. The first kappa shape index (κ1) is 21.3. The highest BCUT2D eigenvalue weighted by Crippen LogP contribution is 2.44. The van der Waals surface area contributed by atoms with Crippen LogP contribution in [0.25, 0.3) is 0 Å². The van der Waals surface area contributed by atoms with Crippen LogP contribution < -0.4 is 0 Å². The van der Waals surface area contributed by atoms with Crippen molar-refractivity contribution < 1.29 is 9.53 Å². The monoisotopic (exact) mass is 368 g/mol. The van der Waals surface area contributed by atoms with Crippen molar-refractivity contribution in [2.45, 2.75) is 96.3 Å². The maximum atomic E-state index is 13.1. The highest BCUT2D eigenvalue weighted by molar-refractivity contribution is 7.80. The fourth-order valence-corrected chi connectivity index (χ4v) is 5.53. The summed E-state index contributed by atoms with van der Waals surface area (Å²) in [5, 5.41) is 0. The Morgan fingerprint density at radius 2 is 1.60 bits per heavy atom. The Balaban J connectivity index is 1.88. The highest BCUT2D eigenvalue weighted by Gasteiger charge is 2.40. The minimum atomic E-state index is -0.179. The molecule has 0 aromatic heterocycles. The minimum absolute atomic E-state index is 0.179. The number of Topliss-reactive ketones (excluding diaryl/α,β-unsaturated/α-hetero) is 1. The van der Waals surface area contributed by atoms with Crippen molar-refractivity contribution in [1.82, 2.24) is 0 Å². The molecule has 0 radical (unpaired) electrons. The normalized spacial score (nSPS) is 28.6. The Labute approximate surface area is 161 Å². The largest absolute Gasteiger partial charge is 0.384 e. The van der Waals surface area contributed by atoms with E-state index in [4.69, 9.17) is 4.74 Å². The summed E-state index contributed by atoms with van der Waals surface area (Å²) in [7, 11) is 1.77. The van der Waals surface area contributed by atoms with E-state index >= 15 is 0 Å². The van der Waals surface area contributed by atoms with E-state index in [2.05, 4.69) is 12.6 Å². The van der Waals surface area contributed by atoms with Crippen LogP contribution in [0.2, 0.25) is 0 Å². The summed E-state index contributed by atoms with van der Waals surface area (Å²) in [5.41, 5.74) is -0.179. The molecule has 25 heavy (non-hydrogen) atoms. The van der Waals surface area contributed by atoms with Gasteiger partial charge in [-0.2, -0.15) is 12.6 Å². The smallest absolute Gasteiger partial charge is 0.141 e. The molecular formula is C22H40O2S. The Bertz CT molecular complexity index is 378. The van der Waals surface area contributed by atoms with Gasteiger partial charge in [-0.05, 0) is 49.7 Å². The molecule has 2 unspecified atom stereocenters. The quantitative estimate of drug-likeness (QED) is 0.281. The number of rotatable bonds is 10. The number of carbonyl (C=O) groups excluding carboxylic acids is 1. The molecule has 2 atom stereocenters. The molecule has 0 heterocycles. The summed E-state index contributed by atoms with van der Waals surface area (Å²) >= 11 is 4.27. The average Bonchev–Trinajstić information content (AvgIpc) is 2.86. The van der Waals surface area contributed by atoms with Crippen LogP contribution in [0.1, 0.15) is 96.3 Å². The van der Waals surface area contributed by atoms with E-state index < -0.39 is 0 Å². The van der Waals surface area contributed by atoms with Crippen molar-refractivity contribution in [3.05, 3.63) is 0 Å². The summed E-state index contributed by atoms with van der Waals surface area (Å²) in [5.74, 6) is 3.25. The number of hydrogen-bond acceptors (Lipinski definition) is 3. The lowest BCUT2D eigenvalue weighted by Crippen LogP contribution is -2.35. The molecule has 2 fully saturated rings. The lowest BCUT2D eigenvalue weighted by molar-refractivity contribution is -0.133. The van der Waals surface area contributed by atoms with Gasteiger partial charge in [0.05, 0.1) is 12.0 Å². The third kappa shape index (κ3) is 6.57. The Kier molecular flexibility index (Phi) is 9.91. The van der Waals surface area contributed by atoms with E-state index in [1.165, 1.54) is 70.6 Å². The van der Waals surface area contributed by atoms with Crippen molar-refractivity contribution in [1.29, 1.82) is 0 Å². The second-order valence-corrected chi connectivity index (χ2v) is 9.06. The summed E-state index contributed by atoms with van der Waals surface area (Å²) in [6.45, 7) is 0.639. The SMILES string of the molecule is COCC1(C(=O)CCCCCCS)CCCC(C2CCCCC2)CC1. The zero-order valence-electron chi connectivity index (χ0n) is 16.4. The number of carbonyl (C=O) groups is 1. The van der Waals surface area contributed by atoms with Gasteiger partial charge in [-0.25, -0.2) is 0 Å². The molecule has 2 saturated carbocycles. The van der Waals surface area contributed by atoms with Crippen LogP contribution in [0.3, 0.4) is 0 Å². The predicted molar refractivity (Wildman–Crippen MR) is 109 cm³/mol. The molecule has 0 saturated heterocycles. The standard InChI is InChI=1S/C22H40O2S/c1-24-18-22(21(23)13-7-2-3-8-17-25)15-9-12-20(14-16-22)19-10-5-4-6-11-19/h19-20,25H,2-18H2,1H3. The highest BCUT2D eigenvalue weighted by atomic mass is 32.1. The van der Waals surface area contributed by atoms with Gasteiger partial charge in [-0.15, -0.1) is 0 Å². The van der Waals surface area contributed by atoms with Crippen LogP contribution in [0, 0.1) is 17.3 Å². The van der Waals surface area contributed by atoms with E-state index in [1.807, 2.05) is 0 Å². The first-order chi connectivity index (χ1) is 12.2. The Hall–Kier alpha value is -0.0200. The van der Waals surface area contributed by atoms with Crippen molar-refractivity contribution in [2.24, 2.45) is 17.3 Å². The van der Waals surface area contributed by atoms with Gasteiger partial charge in [-0.3, -0.25) is 4.79 Å². The van der Waals surface area contributed by atoms with Crippen molar-refractivity contribution in [2.75, 3.05) is 19.5 Å². The number of ketones is 1. The number of thiol groups is 1. The Morgan fingerprint density at radius 3 is 2.32 bits per heavy atom.